The molecule has 19 heavy (non-hydrogen) atoms. The maximum absolute atomic E-state index is 5.48. The zero-order chi connectivity index (χ0) is 13.5. The predicted octanol–water partition coefficient (Wildman–Crippen LogP) is 3.50. The number of rotatable bonds is 6. The van der Waals surface area contributed by atoms with Gasteiger partial charge in [-0.15, -0.1) is 0 Å². The number of ether oxygens (including phenoxy) is 1. The van der Waals surface area contributed by atoms with Crippen molar-refractivity contribution in [1.29, 1.82) is 0 Å². The normalized spacial score (nSPS) is 18.4. The molecule has 0 amide bonds. The molecule has 0 spiro atoms. The van der Waals surface area contributed by atoms with E-state index in [0.717, 1.165) is 32.2 Å². The zero-order valence-electron chi connectivity index (χ0n) is 12.3. The van der Waals surface area contributed by atoms with Crippen molar-refractivity contribution in [3.05, 3.63) is 35.4 Å². The SMILES string of the molecule is CCNCC(CC1CCOCC1)c1ccccc1C. The maximum Gasteiger partial charge on any atom is 0.0468 e. The predicted molar refractivity (Wildman–Crippen MR) is 80.6 cm³/mol. The summed E-state index contributed by atoms with van der Waals surface area (Å²) in [7, 11) is 0. The molecule has 1 aliphatic rings. The average Bonchev–Trinajstić information content (AvgIpc) is 2.45. The summed E-state index contributed by atoms with van der Waals surface area (Å²) in [4.78, 5) is 0. The first-order valence-corrected chi connectivity index (χ1v) is 7.65. The first-order chi connectivity index (χ1) is 9.31. The summed E-state index contributed by atoms with van der Waals surface area (Å²) in [5, 5.41) is 3.53. The van der Waals surface area contributed by atoms with Crippen LogP contribution in [0.2, 0.25) is 0 Å². The van der Waals surface area contributed by atoms with E-state index < -0.39 is 0 Å². The van der Waals surface area contributed by atoms with Crippen LogP contribution in [0, 0.1) is 12.8 Å². The molecule has 1 heterocycles. The third-order valence-electron chi connectivity index (χ3n) is 4.23. The van der Waals surface area contributed by atoms with Gasteiger partial charge in [0.15, 0.2) is 0 Å². The first-order valence-electron chi connectivity index (χ1n) is 7.65. The van der Waals surface area contributed by atoms with Gasteiger partial charge in [-0.2, -0.15) is 0 Å². The van der Waals surface area contributed by atoms with Gasteiger partial charge in [0.25, 0.3) is 0 Å². The average molecular weight is 261 g/mol. The number of likely N-dealkylation sites (N-methyl/N-ethyl adjacent to an activating group) is 1. The van der Waals surface area contributed by atoms with Crippen molar-refractivity contribution in [1.82, 2.24) is 5.32 Å². The highest BCUT2D eigenvalue weighted by Crippen LogP contribution is 2.30. The molecule has 1 fully saturated rings. The third kappa shape index (κ3) is 4.32. The van der Waals surface area contributed by atoms with Gasteiger partial charge in [0.1, 0.15) is 0 Å². The molecule has 0 radical (unpaired) electrons. The van der Waals surface area contributed by atoms with Crippen LogP contribution in [0.25, 0.3) is 0 Å². The minimum Gasteiger partial charge on any atom is -0.381 e. The van der Waals surface area contributed by atoms with E-state index in [1.54, 1.807) is 0 Å². The van der Waals surface area contributed by atoms with Crippen molar-refractivity contribution in [2.45, 2.75) is 39.0 Å². The molecule has 0 bridgehead atoms. The number of hydrogen-bond donors (Lipinski definition) is 1. The van der Waals surface area contributed by atoms with Crippen LogP contribution in [0.3, 0.4) is 0 Å². The van der Waals surface area contributed by atoms with Gasteiger partial charge in [-0.25, -0.2) is 0 Å². The van der Waals surface area contributed by atoms with E-state index in [2.05, 4.69) is 43.4 Å². The van der Waals surface area contributed by atoms with Gasteiger partial charge in [-0.1, -0.05) is 31.2 Å². The van der Waals surface area contributed by atoms with Crippen LogP contribution in [0.15, 0.2) is 24.3 Å². The topological polar surface area (TPSA) is 21.3 Å². The van der Waals surface area contributed by atoms with Crippen LogP contribution in [0.5, 0.6) is 0 Å². The molecule has 1 aromatic carbocycles. The lowest BCUT2D eigenvalue weighted by molar-refractivity contribution is 0.0616. The second-order valence-electron chi connectivity index (χ2n) is 5.65. The lowest BCUT2D eigenvalue weighted by atomic mass is 9.83. The summed E-state index contributed by atoms with van der Waals surface area (Å²) in [6.45, 7) is 8.47. The van der Waals surface area contributed by atoms with Crippen molar-refractivity contribution in [3.63, 3.8) is 0 Å². The molecule has 1 N–H and O–H groups in total. The maximum atomic E-state index is 5.48. The highest BCUT2D eigenvalue weighted by Gasteiger charge is 2.21. The van der Waals surface area contributed by atoms with Crippen LogP contribution in [0.1, 0.15) is 43.2 Å². The second-order valence-corrected chi connectivity index (χ2v) is 5.65. The Balaban J connectivity index is 2.04. The number of benzene rings is 1. The van der Waals surface area contributed by atoms with E-state index in [0.29, 0.717) is 5.92 Å². The van der Waals surface area contributed by atoms with Crippen molar-refractivity contribution in [2.75, 3.05) is 26.3 Å². The van der Waals surface area contributed by atoms with E-state index >= 15 is 0 Å². The minimum absolute atomic E-state index is 0.643. The monoisotopic (exact) mass is 261 g/mol. The highest BCUT2D eigenvalue weighted by molar-refractivity contribution is 5.29. The largest absolute Gasteiger partial charge is 0.381 e. The second kappa shape index (κ2) is 7.66. The lowest BCUT2D eigenvalue weighted by Gasteiger charge is -2.28. The van der Waals surface area contributed by atoms with Crippen LogP contribution in [-0.2, 0) is 4.74 Å². The van der Waals surface area contributed by atoms with Crippen LogP contribution >= 0.6 is 0 Å². The summed E-state index contributed by atoms with van der Waals surface area (Å²) in [6.07, 6.45) is 3.75. The molecule has 1 atom stereocenters. The Morgan fingerprint density at radius 3 is 2.68 bits per heavy atom. The lowest BCUT2D eigenvalue weighted by Crippen LogP contribution is -2.25. The Bertz CT molecular complexity index is 371. The fourth-order valence-electron chi connectivity index (χ4n) is 3.07. The number of hydrogen-bond acceptors (Lipinski definition) is 2. The van der Waals surface area contributed by atoms with E-state index in [-0.39, 0.29) is 0 Å². The molecule has 0 saturated carbocycles. The molecule has 1 unspecified atom stereocenters. The van der Waals surface area contributed by atoms with Crippen molar-refractivity contribution >= 4 is 0 Å². The van der Waals surface area contributed by atoms with Crippen LogP contribution in [0.4, 0.5) is 0 Å². The van der Waals surface area contributed by atoms with E-state index in [9.17, 15) is 0 Å². The van der Waals surface area contributed by atoms with Gasteiger partial charge in [0.05, 0.1) is 0 Å². The molecular formula is C17H27NO. The van der Waals surface area contributed by atoms with E-state index in [4.69, 9.17) is 4.74 Å². The third-order valence-corrected chi connectivity index (χ3v) is 4.23. The molecule has 1 aromatic rings. The van der Waals surface area contributed by atoms with Gasteiger partial charge < -0.3 is 10.1 Å². The molecule has 0 aliphatic carbocycles. The Kier molecular flexibility index (Phi) is 5.87. The molecule has 2 heteroatoms. The van der Waals surface area contributed by atoms with Gasteiger partial charge in [-0.3, -0.25) is 0 Å². The summed E-state index contributed by atoms with van der Waals surface area (Å²) in [5.41, 5.74) is 2.95. The van der Waals surface area contributed by atoms with Gasteiger partial charge in [-0.05, 0) is 55.7 Å². The summed E-state index contributed by atoms with van der Waals surface area (Å²) in [6, 6.07) is 8.85. The summed E-state index contributed by atoms with van der Waals surface area (Å²) >= 11 is 0. The number of aryl methyl sites for hydroxylation is 1. The molecular weight excluding hydrogens is 234 g/mol. The molecule has 1 saturated heterocycles. The molecule has 1 aliphatic heterocycles. The Morgan fingerprint density at radius 1 is 1.26 bits per heavy atom. The minimum atomic E-state index is 0.643. The summed E-state index contributed by atoms with van der Waals surface area (Å²) in [5.74, 6) is 1.47. The van der Waals surface area contributed by atoms with Gasteiger partial charge in [0.2, 0.25) is 0 Å². The van der Waals surface area contributed by atoms with E-state index in [1.165, 1.54) is 30.4 Å². The summed E-state index contributed by atoms with van der Waals surface area (Å²) < 4.78 is 5.48. The van der Waals surface area contributed by atoms with E-state index in [1.807, 2.05) is 0 Å². The van der Waals surface area contributed by atoms with Gasteiger partial charge >= 0.3 is 0 Å². The Labute approximate surface area is 117 Å². The van der Waals surface area contributed by atoms with Gasteiger partial charge in [0, 0.05) is 19.8 Å². The molecule has 106 valence electrons. The first kappa shape index (κ1) is 14.5. The zero-order valence-corrected chi connectivity index (χ0v) is 12.3. The van der Waals surface area contributed by atoms with Crippen LogP contribution < -0.4 is 5.32 Å². The molecule has 2 nitrogen and oxygen atoms in total. The number of nitrogens with one attached hydrogen (secondary N) is 1. The Morgan fingerprint density at radius 2 is 2.00 bits per heavy atom. The molecule has 2 rings (SSSR count). The highest BCUT2D eigenvalue weighted by atomic mass is 16.5. The van der Waals surface area contributed by atoms with Crippen molar-refractivity contribution in [3.8, 4) is 0 Å². The fourth-order valence-corrected chi connectivity index (χ4v) is 3.07. The Hall–Kier alpha value is -0.860. The standard InChI is InChI=1S/C17H27NO/c1-3-18-13-16(12-15-8-10-19-11-9-15)17-7-5-4-6-14(17)2/h4-7,15-16,18H,3,8-13H2,1-2H3. The molecule has 0 aromatic heterocycles. The van der Waals surface area contributed by atoms with Crippen molar-refractivity contribution < 1.29 is 4.74 Å². The quantitative estimate of drug-likeness (QED) is 0.846. The fraction of sp³-hybridized carbons (Fsp3) is 0.647. The van der Waals surface area contributed by atoms with Crippen molar-refractivity contribution in [2.24, 2.45) is 5.92 Å². The smallest absolute Gasteiger partial charge is 0.0468 e. The van der Waals surface area contributed by atoms with Crippen LogP contribution in [-0.4, -0.2) is 26.3 Å².